The minimum absolute atomic E-state index is 0.224. The summed E-state index contributed by atoms with van der Waals surface area (Å²) in [7, 11) is 0. The largest absolute Gasteiger partial charge is 0.329 e. The molecule has 1 aliphatic heterocycles. The zero-order chi connectivity index (χ0) is 15.2. The summed E-state index contributed by atoms with van der Waals surface area (Å²) in [6.45, 7) is 15.1. The van der Waals surface area contributed by atoms with E-state index in [0.717, 1.165) is 12.5 Å². The van der Waals surface area contributed by atoms with Crippen LogP contribution in [0.5, 0.6) is 0 Å². The van der Waals surface area contributed by atoms with Crippen LogP contribution < -0.4 is 5.73 Å². The van der Waals surface area contributed by atoms with E-state index in [4.69, 9.17) is 5.73 Å². The van der Waals surface area contributed by atoms with Crippen LogP contribution in [0.2, 0.25) is 0 Å². The third-order valence-corrected chi connectivity index (χ3v) is 5.47. The molecule has 1 fully saturated rings. The van der Waals surface area contributed by atoms with Gasteiger partial charge in [0.05, 0.1) is 0 Å². The fourth-order valence-corrected chi connectivity index (χ4v) is 3.65. The minimum Gasteiger partial charge on any atom is -0.329 e. The standard InChI is InChI=1S/C18H38N2/c1-6-7-8-12-18(5,15-19)20-13-9-10-16(11-14-20)17(2,3)4/h16H,6-15,19H2,1-5H3. The van der Waals surface area contributed by atoms with Crippen molar-refractivity contribution in [3.63, 3.8) is 0 Å². The second-order valence-corrected chi connectivity index (χ2v) is 8.14. The molecule has 0 spiro atoms. The molecule has 2 atom stereocenters. The maximum Gasteiger partial charge on any atom is 0.0303 e. The number of nitrogens with two attached hydrogens (primary N) is 1. The lowest BCUT2D eigenvalue weighted by atomic mass is 9.76. The third kappa shape index (κ3) is 5.04. The van der Waals surface area contributed by atoms with E-state index in [1.807, 2.05) is 0 Å². The van der Waals surface area contributed by atoms with Crippen molar-refractivity contribution in [3.05, 3.63) is 0 Å². The number of rotatable bonds is 6. The number of unbranched alkanes of at least 4 members (excludes halogenated alkanes) is 2. The predicted molar refractivity (Wildman–Crippen MR) is 90.0 cm³/mol. The Morgan fingerprint density at radius 3 is 2.30 bits per heavy atom. The molecule has 120 valence electrons. The Labute approximate surface area is 127 Å². The molecule has 2 nitrogen and oxygen atoms in total. The lowest BCUT2D eigenvalue weighted by molar-refractivity contribution is 0.0977. The first kappa shape index (κ1) is 18.0. The Morgan fingerprint density at radius 1 is 1.05 bits per heavy atom. The number of likely N-dealkylation sites (tertiary alicyclic amines) is 1. The van der Waals surface area contributed by atoms with Crippen LogP contribution in [0.1, 0.15) is 79.6 Å². The Morgan fingerprint density at radius 2 is 1.75 bits per heavy atom. The van der Waals surface area contributed by atoms with Gasteiger partial charge in [-0.05, 0) is 57.0 Å². The van der Waals surface area contributed by atoms with Crippen molar-refractivity contribution in [1.82, 2.24) is 4.90 Å². The van der Waals surface area contributed by atoms with Crippen molar-refractivity contribution >= 4 is 0 Å². The summed E-state index contributed by atoms with van der Waals surface area (Å²) in [6, 6.07) is 0. The summed E-state index contributed by atoms with van der Waals surface area (Å²) in [5.41, 5.74) is 6.83. The van der Waals surface area contributed by atoms with E-state index in [2.05, 4.69) is 39.5 Å². The summed E-state index contributed by atoms with van der Waals surface area (Å²) in [5, 5.41) is 0. The molecule has 0 saturated carbocycles. The molecule has 0 aromatic carbocycles. The molecule has 0 amide bonds. The second-order valence-electron chi connectivity index (χ2n) is 8.14. The molecular weight excluding hydrogens is 244 g/mol. The molecule has 0 radical (unpaired) electrons. The molecule has 0 aromatic rings. The highest BCUT2D eigenvalue weighted by Crippen LogP contribution is 2.36. The van der Waals surface area contributed by atoms with Gasteiger partial charge in [0.15, 0.2) is 0 Å². The van der Waals surface area contributed by atoms with Crippen LogP contribution in [0.15, 0.2) is 0 Å². The first-order chi connectivity index (χ1) is 9.33. The molecule has 20 heavy (non-hydrogen) atoms. The molecule has 1 rings (SSSR count). The van der Waals surface area contributed by atoms with Crippen molar-refractivity contribution < 1.29 is 0 Å². The Hall–Kier alpha value is -0.0800. The lowest BCUT2D eigenvalue weighted by Crippen LogP contribution is -2.52. The molecule has 2 unspecified atom stereocenters. The highest BCUT2D eigenvalue weighted by Gasteiger charge is 2.34. The van der Waals surface area contributed by atoms with Crippen LogP contribution in [0.25, 0.3) is 0 Å². The second kappa shape index (κ2) is 7.79. The van der Waals surface area contributed by atoms with Crippen LogP contribution in [-0.4, -0.2) is 30.1 Å². The minimum atomic E-state index is 0.224. The van der Waals surface area contributed by atoms with Crippen LogP contribution in [0.3, 0.4) is 0 Å². The first-order valence-corrected chi connectivity index (χ1v) is 8.78. The van der Waals surface area contributed by atoms with E-state index < -0.39 is 0 Å². The van der Waals surface area contributed by atoms with Crippen molar-refractivity contribution in [3.8, 4) is 0 Å². The van der Waals surface area contributed by atoms with Crippen LogP contribution >= 0.6 is 0 Å². The number of nitrogens with zero attached hydrogens (tertiary/aromatic N) is 1. The van der Waals surface area contributed by atoms with Gasteiger partial charge in [-0.15, -0.1) is 0 Å². The van der Waals surface area contributed by atoms with Crippen molar-refractivity contribution in [1.29, 1.82) is 0 Å². The monoisotopic (exact) mass is 282 g/mol. The molecule has 2 N–H and O–H groups in total. The highest BCUT2D eigenvalue weighted by atomic mass is 15.2. The van der Waals surface area contributed by atoms with Gasteiger partial charge in [-0.1, -0.05) is 47.0 Å². The van der Waals surface area contributed by atoms with Gasteiger partial charge in [-0.2, -0.15) is 0 Å². The quantitative estimate of drug-likeness (QED) is 0.730. The van der Waals surface area contributed by atoms with Crippen molar-refractivity contribution in [2.75, 3.05) is 19.6 Å². The predicted octanol–water partition coefficient (Wildman–Crippen LogP) is 4.43. The summed E-state index contributed by atoms with van der Waals surface area (Å²) < 4.78 is 0. The molecule has 0 aliphatic carbocycles. The summed E-state index contributed by atoms with van der Waals surface area (Å²) in [6.07, 6.45) is 9.29. The molecule has 0 aromatic heterocycles. The van der Waals surface area contributed by atoms with Crippen LogP contribution in [0, 0.1) is 11.3 Å². The van der Waals surface area contributed by atoms with Gasteiger partial charge in [-0.25, -0.2) is 0 Å². The summed E-state index contributed by atoms with van der Waals surface area (Å²) >= 11 is 0. The average molecular weight is 283 g/mol. The first-order valence-electron chi connectivity index (χ1n) is 8.78. The lowest BCUT2D eigenvalue weighted by Gasteiger charge is -2.41. The molecule has 1 saturated heterocycles. The van der Waals surface area contributed by atoms with Gasteiger partial charge in [0, 0.05) is 12.1 Å². The summed E-state index contributed by atoms with van der Waals surface area (Å²) in [4.78, 5) is 2.70. The van der Waals surface area contributed by atoms with Gasteiger partial charge in [-0.3, -0.25) is 4.90 Å². The highest BCUT2D eigenvalue weighted by molar-refractivity contribution is 4.90. The Bertz CT molecular complexity index is 269. The summed E-state index contributed by atoms with van der Waals surface area (Å²) in [5.74, 6) is 0.866. The maximum atomic E-state index is 6.15. The van der Waals surface area contributed by atoms with Crippen LogP contribution in [-0.2, 0) is 0 Å². The third-order valence-electron chi connectivity index (χ3n) is 5.47. The van der Waals surface area contributed by atoms with Crippen LogP contribution in [0.4, 0.5) is 0 Å². The van der Waals surface area contributed by atoms with Crippen molar-refractivity contribution in [2.24, 2.45) is 17.1 Å². The van der Waals surface area contributed by atoms with E-state index in [0.29, 0.717) is 5.41 Å². The van der Waals surface area contributed by atoms with E-state index in [1.54, 1.807) is 0 Å². The zero-order valence-corrected chi connectivity index (χ0v) is 14.7. The van der Waals surface area contributed by atoms with Gasteiger partial charge in [0.25, 0.3) is 0 Å². The topological polar surface area (TPSA) is 29.3 Å². The maximum absolute atomic E-state index is 6.15. The fraction of sp³-hybridized carbons (Fsp3) is 1.00. The molecule has 0 bridgehead atoms. The Kier molecular flexibility index (Phi) is 7.00. The van der Waals surface area contributed by atoms with E-state index in [-0.39, 0.29) is 5.54 Å². The van der Waals surface area contributed by atoms with E-state index >= 15 is 0 Å². The van der Waals surface area contributed by atoms with E-state index in [1.165, 1.54) is 58.0 Å². The molecule has 1 heterocycles. The van der Waals surface area contributed by atoms with Gasteiger partial charge < -0.3 is 5.73 Å². The smallest absolute Gasteiger partial charge is 0.0303 e. The SMILES string of the molecule is CCCCCC(C)(CN)N1CCCC(C(C)(C)C)CC1. The van der Waals surface area contributed by atoms with Crippen molar-refractivity contribution in [2.45, 2.75) is 85.1 Å². The number of hydrogen-bond donors (Lipinski definition) is 1. The van der Waals surface area contributed by atoms with Gasteiger partial charge in [0.2, 0.25) is 0 Å². The van der Waals surface area contributed by atoms with E-state index in [9.17, 15) is 0 Å². The van der Waals surface area contributed by atoms with Gasteiger partial charge >= 0.3 is 0 Å². The number of hydrogen-bond acceptors (Lipinski definition) is 2. The fourth-order valence-electron chi connectivity index (χ4n) is 3.65. The zero-order valence-electron chi connectivity index (χ0n) is 14.7. The molecule has 1 aliphatic rings. The normalized spacial score (nSPS) is 25.2. The van der Waals surface area contributed by atoms with Gasteiger partial charge in [0.1, 0.15) is 0 Å². The molecule has 2 heteroatoms. The average Bonchev–Trinajstić information content (AvgIpc) is 2.64. The Balaban J connectivity index is 2.60. The molecular formula is C18H38N2.